The van der Waals surface area contributed by atoms with E-state index in [0.29, 0.717) is 5.54 Å². The van der Waals surface area contributed by atoms with Gasteiger partial charge >= 0.3 is 0 Å². The lowest BCUT2D eigenvalue weighted by Crippen LogP contribution is -2.47. The smallest absolute Gasteiger partial charge is 0.0280 e. The molecule has 0 bridgehead atoms. The van der Waals surface area contributed by atoms with Crippen LogP contribution < -0.4 is 5.32 Å². The number of hydrogen-bond acceptors (Lipinski definition) is 2. The first-order chi connectivity index (χ1) is 6.79. The molecule has 1 atom stereocenters. The molecule has 0 saturated carbocycles. The number of nitrogens with one attached hydrogen (secondary N) is 1. The van der Waals surface area contributed by atoms with Gasteiger partial charge in [-0.05, 0) is 52.2 Å². The first-order valence-corrected chi connectivity index (χ1v) is 6.26. The molecule has 0 radical (unpaired) electrons. The lowest BCUT2D eigenvalue weighted by Gasteiger charge is -2.32. The third kappa shape index (κ3) is 2.71. The van der Waals surface area contributed by atoms with E-state index in [1.54, 1.807) is 0 Å². The SMILES string of the molecule is CC1(CN2CCCCCC2)CCCN1. The molecule has 0 spiro atoms. The fourth-order valence-electron chi connectivity index (χ4n) is 2.88. The van der Waals surface area contributed by atoms with E-state index in [9.17, 15) is 0 Å². The van der Waals surface area contributed by atoms with Gasteiger partial charge < -0.3 is 10.2 Å². The Morgan fingerprint density at radius 3 is 2.36 bits per heavy atom. The summed E-state index contributed by atoms with van der Waals surface area (Å²) in [6, 6.07) is 0. The Morgan fingerprint density at radius 1 is 1.07 bits per heavy atom. The van der Waals surface area contributed by atoms with Crippen LogP contribution in [0.2, 0.25) is 0 Å². The van der Waals surface area contributed by atoms with Crippen LogP contribution in [0, 0.1) is 0 Å². The minimum atomic E-state index is 0.421. The van der Waals surface area contributed by atoms with Crippen molar-refractivity contribution in [3.63, 3.8) is 0 Å². The van der Waals surface area contributed by atoms with Crippen molar-refractivity contribution in [2.75, 3.05) is 26.2 Å². The molecule has 2 nitrogen and oxygen atoms in total. The van der Waals surface area contributed by atoms with Crippen LogP contribution in [0.5, 0.6) is 0 Å². The monoisotopic (exact) mass is 196 g/mol. The molecule has 2 heteroatoms. The summed E-state index contributed by atoms with van der Waals surface area (Å²) >= 11 is 0. The highest BCUT2D eigenvalue weighted by Crippen LogP contribution is 2.21. The molecular weight excluding hydrogens is 172 g/mol. The zero-order valence-electron chi connectivity index (χ0n) is 9.52. The summed E-state index contributed by atoms with van der Waals surface area (Å²) in [7, 11) is 0. The van der Waals surface area contributed by atoms with Gasteiger partial charge in [0.1, 0.15) is 0 Å². The van der Waals surface area contributed by atoms with Gasteiger partial charge in [-0.3, -0.25) is 0 Å². The highest BCUT2D eigenvalue weighted by atomic mass is 15.2. The van der Waals surface area contributed by atoms with Crippen molar-refractivity contribution < 1.29 is 0 Å². The second kappa shape index (κ2) is 4.63. The third-order valence-electron chi connectivity index (χ3n) is 3.73. The fraction of sp³-hybridized carbons (Fsp3) is 1.00. The van der Waals surface area contributed by atoms with Gasteiger partial charge in [-0.1, -0.05) is 12.8 Å². The molecule has 2 heterocycles. The maximum atomic E-state index is 3.66. The van der Waals surface area contributed by atoms with Crippen LogP contribution in [0.4, 0.5) is 0 Å². The summed E-state index contributed by atoms with van der Waals surface area (Å²) in [4.78, 5) is 2.67. The molecule has 14 heavy (non-hydrogen) atoms. The van der Waals surface area contributed by atoms with Gasteiger partial charge in [0.15, 0.2) is 0 Å². The quantitative estimate of drug-likeness (QED) is 0.727. The van der Waals surface area contributed by atoms with E-state index in [4.69, 9.17) is 0 Å². The Labute approximate surface area is 88.1 Å². The van der Waals surface area contributed by atoms with Crippen LogP contribution in [-0.4, -0.2) is 36.6 Å². The van der Waals surface area contributed by atoms with Crippen LogP contribution in [0.25, 0.3) is 0 Å². The van der Waals surface area contributed by atoms with E-state index in [-0.39, 0.29) is 0 Å². The first-order valence-electron chi connectivity index (χ1n) is 6.26. The molecule has 0 amide bonds. The van der Waals surface area contributed by atoms with Gasteiger partial charge in [-0.2, -0.15) is 0 Å². The topological polar surface area (TPSA) is 15.3 Å². The third-order valence-corrected chi connectivity index (χ3v) is 3.73. The molecule has 0 aromatic heterocycles. The van der Waals surface area contributed by atoms with Crippen LogP contribution in [-0.2, 0) is 0 Å². The second-order valence-corrected chi connectivity index (χ2v) is 5.28. The lowest BCUT2D eigenvalue weighted by molar-refractivity contribution is 0.209. The number of nitrogens with zero attached hydrogens (tertiary/aromatic N) is 1. The predicted molar refractivity (Wildman–Crippen MR) is 60.5 cm³/mol. The molecule has 2 rings (SSSR count). The minimum absolute atomic E-state index is 0.421. The Bertz CT molecular complexity index is 165. The van der Waals surface area contributed by atoms with E-state index in [1.165, 1.54) is 64.7 Å². The fourth-order valence-corrected chi connectivity index (χ4v) is 2.88. The van der Waals surface area contributed by atoms with Crippen LogP contribution in [0.3, 0.4) is 0 Å². The van der Waals surface area contributed by atoms with Gasteiger partial charge in [0.25, 0.3) is 0 Å². The average molecular weight is 196 g/mol. The molecule has 0 aliphatic carbocycles. The molecular formula is C12H24N2. The van der Waals surface area contributed by atoms with Crippen LogP contribution in [0.1, 0.15) is 45.4 Å². The highest BCUT2D eigenvalue weighted by molar-refractivity contribution is 4.91. The average Bonchev–Trinajstić information content (AvgIpc) is 2.43. The largest absolute Gasteiger partial charge is 0.310 e. The maximum absolute atomic E-state index is 3.66. The number of likely N-dealkylation sites (tertiary alicyclic amines) is 1. The van der Waals surface area contributed by atoms with Crippen LogP contribution in [0.15, 0.2) is 0 Å². The normalized spacial score (nSPS) is 35.8. The van der Waals surface area contributed by atoms with E-state index in [2.05, 4.69) is 17.1 Å². The first kappa shape index (κ1) is 10.4. The van der Waals surface area contributed by atoms with Crippen molar-refractivity contribution in [3.8, 4) is 0 Å². The Hall–Kier alpha value is -0.0800. The molecule has 0 aromatic rings. The van der Waals surface area contributed by atoms with Crippen molar-refractivity contribution >= 4 is 0 Å². The van der Waals surface area contributed by atoms with Crippen molar-refractivity contribution in [2.45, 2.75) is 51.0 Å². The zero-order valence-corrected chi connectivity index (χ0v) is 9.52. The number of rotatable bonds is 2. The van der Waals surface area contributed by atoms with E-state index < -0.39 is 0 Å². The zero-order chi connectivity index (χ0) is 9.86. The summed E-state index contributed by atoms with van der Waals surface area (Å²) in [5, 5.41) is 3.66. The van der Waals surface area contributed by atoms with E-state index in [1.807, 2.05) is 0 Å². The summed E-state index contributed by atoms with van der Waals surface area (Å²) in [6.45, 7) is 7.55. The molecule has 82 valence electrons. The summed E-state index contributed by atoms with van der Waals surface area (Å²) in [6.07, 6.45) is 8.45. The Morgan fingerprint density at radius 2 is 1.79 bits per heavy atom. The van der Waals surface area contributed by atoms with Crippen LogP contribution >= 0.6 is 0 Å². The maximum Gasteiger partial charge on any atom is 0.0280 e. The summed E-state index contributed by atoms with van der Waals surface area (Å²) < 4.78 is 0. The van der Waals surface area contributed by atoms with Crippen molar-refractivity contribution in [1.82, 2.24) is 10.2 Å². The van der Waals surface area contributed by atoms with E-state index >= 15 is 0 Å². The molecule has 2 fully saturated rings. The predicted octanol–water partition coefficient (Wildman–Crippen LogP) is 2.00. The Kier molecular flexibility index (Phi) is 3.45. The standard InChI is InChI=1S/C12H24N2/c1-12(7-6-8-13-12)11-14-9-4-2-3-5-10-14/h13H,2-11H2,1H3. The number of hydrogen-bond donors (Lipinski definition) is 1. The molecule has 2 aliphatic rings. The molecule has 2 aliphatic heterocycles. The summed E-state index contributed by atoms with van der Waals surface area (Å²) in [5.74, 6) is 0. The minimum Gasteiger partial charge on any atom is -0.310 e. The van der Waals surface area contributed by atoms with Gasteiger partial charge in [0.2, 0.25) is 0 Å². The van der Waals surface area contributed by atoms with Gasteiger partial charge in [-0.15, -0.1) is 0 Å². The summed E-state index contributed by atoms with van der Waals surface area (Å²) in [5.41, 5.74) is 0.421. The van der Waals surface area contributed by atoms with Gasteiger partial charge in [-0.25, -0.2) is 0 Å². The molecule has 1 N–H and O–H groups in total. The molecule has 1 unspecified atom stereocenters. The van der Waals surface area contributed by atoms with Gasteiger partial charge in [0, 0.05) is 12.1 Å². The van der Waals surface area contributed by atoms with Gasteiger partial charge in [0.05, 0.1) is 0 Å². The van der Waals surface area contributed by atoms with Crippen molar-refractivity contribution in [1.29, 1.82) is 0 Å². The molecule has 0 aromatic carbocycles. The van der Waals surface area contributed by atoms with E-state index in [0.717, 1.165) is 0 Å². The Balaban J connectivity index is 1.82. The van der Waals surface area contributed by atoms with Crippen molar-refractivity contribution in [3.05, 3.63) is 0 Å². The second-order valence-electron chi connectivity index (χ2n) is 5.28. The highest BCUT2D eigenvalue weighted by Gasteiger charge is 2.30. The van der Waals surface area contributed by atoms with Crippen molar-refractivity contribution in [2.24, 2.45) is 0 Å². The molecule has 2 saturated heterocycles. The lowest BCUT2D eigenvalue weighted by atomic mass is 9.99.